The average molecular weight is 271 g/mol. The molecular formula is C16H17NOS. The van der Waals surface area contributed by atoms with Gasteiger partial charge in [0.2, 0.25) is 0 Å². The number of carbonyl (C=O) groups excluding carboxylic acids is 1. The molecule has 0 heterocycles. The number of hydrogen-bond donors (Lipinski definition) is 1. The Morgan fingerprint density at radius 2 is 1.68 bits per heavy atom. The molecule has 0 aliphatic heterocycles. The molecule has 0 aromatic heterocycles. The highest BCUT2D eigenvalue weighted by Crippen LogP contribution is 2.13. The Morgan fingerprint density at radius 3 is 2.26 bits per heavy atom. The van der Waals surface area contributed by atoms with Gasteiger partial charge in [0.05, 0.1) is 0 Å². The number of anilines is 1. The molecule has 0 aliphatic rings. The monoisotopic (exact) mass is 271 g/mol. The summed E-state index contributed by atoms with van der Waals surface area (Å²) in [6, 6.07) is 15.5. The highest BCUT2D eigenvalue weighted by molar-refractivity contribution is 7.97. The Balaban J connectivity index is 2.05. The topological polar surface area (TPSA) is 29.1 Å². The standard InChI is InChI=1S/C16H17NOS/c1-12-3-9-15(10-4-12)17-16(18)14-7-5-13(6-8-14)11-19-2/h3-10H,11H2,1-2H3,(H,17,18). The van der Waals surface area contributed by atoms with Crippen LogP contribution < -0.4 is 5.32 Å². The summed E-state index contributed by atoms with van der Waals surface area (Å²) in [6.45, 7) is 2.02. The molecule has 0 spiro atoms. The second kappa shape index (κ2) is 6.43. The minimum Gasteiger partial charge on any atom is -0.322 e. The second-order valence-electron chi connectivity index (χ2n) is 4.45. The largest absolute Gasteiger partial charge is 0.322 e. The van der Waals surface area contributed by atoms with E-state index in [4.69, 9.17) is 0 Å². The molecule has 3 heteroatoms. The van der Waals surface area contributed by atoms with Gasteiger partial charge in [-0.05, 0) is 43.0 Å². The van der Waals surface area contributed by atoms with Crippen LogP contribution in [0, 0.1) is 6.92 Å². The van der Waals surface area contributed by atoms with Gasteiger partial charge >= 0.3 is 0 Å². The number of benzene rings is 2. The van der Waals surface area contributed by atoms with Crippen LogP contribution in [0.3, 0.4) is 0 Å². The highest BCUT2D eigenvalue weighted by atomic mass is 32.2. The van der Waals surface area contributed by atoms with Crippen molar-refractivity contribution in [2.45, 2.75) is 12.7 Å². The quantitative estimate of drug-likeness (QED) is 0.906. The first kappa shape index (κ1) is 13.7. The van der Waals surface area contributed by atoms with E-state index in [0.717, 1.165) is 11.4 Å². The van der Waals surface area contributed by atoms with E-state index in [1.54, 1.807) is 11.8 Å². The van der Waals surface area contributed by atoms with Crippen molar-refractivity contribution < 1.29 is 4.79 Å². The highest BCUT2D eigenvalue weighted by Gasteiger charge is 2.05. The van der Waals surface area contributed by atoms with Crippen LogP contribution in [0.2, 0.25) is 0 Å². The molecule has 2 aromatic rings. The Morgan fingerprint density at radius 1 is 1.05 bits per heavy atom. The summed E-state index contributed by atoms with van der Waals surface area (Å²) in [6.07, 6.45) is 2.07. The lowest BCUT2D eigenvalue weighted by Crippen LogP contribution is -2.11. The van der Waals surface area contributed by atoms with E-state index < -0.39 is 0 Å². The van der Waals surface area contributed by atoms with E-state index in [-0.39, 0.29) is 5.91 Å². The van der Waals surface area contributed by atoms with E-state index in [9.17, 15) is 4.79 Å². The van der Waals surface area contributed by atoms with E-state index in [1.165, 1.54) is 11.1 Å². The lowest BCUT2D eigenvalue weighted by molar-refractivity contribution is 0.102. The second-order valence-corrected chi connectivity index (χ2v) is 5.32. The van der Waals surface area contributed by atoms with Crippen molar-refractivity contribution >= 4 is 23.4 Å². The lowest BCUT2D eigenvalue weighted by atomic mass is 10.1. The Kier molecular flexibility index (Phi) is 4.63. The minimum absolute atomic E-state index is 0.0699. The van der Waals surface area contributed by atoms with E-state index in [1.807, 2.05) is 55.5 Å². The number of aryl methyl sites for hydroxylation is 1. The van der Waals surface area contributed by atoms with Crippen molar-refractivity contribution in [3.05, 3.63) is 65.2 Å². The fraction of sp³-hybridized carbons (Fsp3) is 0.188. The van der Waals surface area contributed by atoms with Gasteiger partial charge < -0.3 is 5.32 Å². The summed E-state index contributed by atoms with van der Waals surface area (Å²) in [5, 5.41) is 2.89. The van der Waals surface area contributed by atoms with Gasteiger partial charge in [-0.1, -0.05) is 29.8 Å². The predicted octanol–water partition coefficient (Wildman–Crippen LogP) is 4.11. The number of amides is 1. The number of carbonyl (C=O) groups is 1. The van der Waals surface area contributed by atoms with Crippen LogP contribution >= 0.6 is 11.8 Å². The molecule has 0 unspecified atom stereocenters. The summed E-state index contributed by atoms with van der Waals surface area (Å²) in [5.74, 6) is 0.902. The Labute approximate surface area is 118 Å². The van der Waals surface area contributed by atoms with Crippen molar-refractivity contribution in [3.63, 3.8) is 0 Å². The maximum Gasteiger partial charge on any atom is 0.255 e. The Bertz CT molecular complexity index is 546. The molecule has 0 bridgehead atoms. The van der Waals surface area contributed by atoms with Crippen LogP contribution in [0.5, 0.6) is 0 Å². The number of thioether (sulfide) groups is 1. The first-order chi connectivity index (χ1) is 9.19. The zero-order valence-corrected chi connectivity index (χ0v) is 12.0. The fourth-order valence-corrected chi connectivity index (χ4v) is 2.28. The van der Waals surface area contributed by atoms with Crippen molar-refractivity contribution in [2.24, 2.45) is 0 Å². The predicted molar refractivity (Wildman–Crippen MR) is 82.8 cm³/mol. The average Bonchev–Trinajstić information content (AvgIpc) is 2.42. The molecule has 2 rings (SSSR count). The number of rotatable bonds is 4. The molecule has 0 radical (unpaired) electrons. The molecule has 0 saturated carbocycles. The third kappa shape index (κ3) is 3.86. The molecule has 0 fully saturated rings. The number of nitrogens with one attached hydrogen (secondary N) is 1. The lowest BCUT2D eigenvalue weighted by Gasteiger charge is -2.06. The van der Waals surface area contributed by atoms with Crippen LogP contribution in [-0.4, -0.2) is 12.2 Å². The van der Waals surface area contributed by atoms with Crippen LogP contribution in [0.4, 0.5) is 5.69 Å². The normalized spacial score (nSPS) is 10.2. The maximum atomic E-state index is 12.1. The number of hydrogen-bond acceptors (Lipinski definition) is 2. The summed E-state index contributed by atoms with van der Waals surface area (Å²) in [7, 11) is 0. The van der Waals surface area contributed by atoms with Gasteiger partial charge in [0, 0.05) is 17.0 Å². The summed E-state index contributed by atoms with van der Waals surface area (Å²) in [4.78, 5) is 12.1. The molecule has 98 valence electrons. The van der Waals surface area contributed by atoms with Crippen LogP contribution in [0.1, 0.15) is 21.5 Å². The molecule has 1 N–H and O–H groups in total. The van der Waals surface area contributed by atoms with Crippen molar-refractivity contribution in [1.82, 2.24) is 0 Å². The molecule has 2 nitrogen and oxygen atoms in total. The van der Waals surface area contributed by atoms with Gasteiger partial charge in [0.15, 0.2) is 0 Å². The SMILES string of the molecule is CSCc1ccc(C(=O)Nc2ccc(C)cc2)cc1. The Hall–Kier alpha value is -1.74. The van der Waals surface area contributed by atoms with Crippen molar-refractivity contribution in [3.8, 4) is 0 Å². The van der Waals surface area contributed by atoms with Crippen molar-refractivity contribution in [2.75, 3.05) is 11.6 Å². The third-order valence-electron chi connectivity index (χ3n) is 2.84. The van der Waals surface area contributed by atoms with E-state index in [2.05, 4.69) is 11.6 Å². The first-order valence-electron chi connectivity index (χ1n) is 6.15. The molecule has 19 heavy (non-hydrogen) atoms. The van der Waals surface area contributed by atoms with Crippen LogP contribution in [0.25, 0.3) is 0 Å². The van der Waals surface area contributed by atoms with Crippen LogP contribution in [-0.2, 0) is 5.75 Å². The molecule has 0 atom stereocenters. The molecule has 0 aliphatic carbocycles. The van der Waals surface area contributed by atoms with Gasteiger partial charge in [0.25, 0.3) is 5.91 Å². The van der Waals surface area contributed by atoms with E-state index >= 15 is 0 Å². The molecule has 2 aromatic carbocycles. The summed E-state index contributed by atoms with van der Waals surface area (Å²) in [5.41, 5.74) is 3.92. The zero-order valence-electron chi connectivity index (χ0n) is 11.1. The van der Waals surface area contributed by atoms with Gasteiger partial charge in [-0.25, -0.2) is 0 Å². The van der Waals surface area contributed by atoms with Crippen LogP contribution in [0.15, 0.2) is 48.5 Å². The maximum absolute atomic E-state index is 12.1. The molecule has 1 amide bonds. The summed E-state index contributed by atoms with van der Waals surface area (Å²) < 4.78 is 0. The summed E-state index contributed by atoms with van der Waals surface area (Å²) >= 11 is 1.77. The van der Waals surface area contributed by atoms with Gasteiger partial charge in [-0.15, -0.1) is 0 Å². The van der Waals surface area contributed by atoms with Crippen molar-refractivity contribution in [1.29, 1.82) is 0 Å². The zero-order chi connectivity index (χ0) is 13.7. The van der Waals surface area contributed by atoms with Gasteiger partial charge in [-0.3, -0.25) is 4.79 Å². The molecule has 0 saturated heterocycles. The first-order valence-corrected chi connectivity index (χ1v) is 7.54. The third-order valence-corrected chi connectivity index (χ3v) is 3.46. The fourth-order valence-electron chi connectivity index (χ4n) is 1.76. The van der Waals surface area contributed by atoms with E-state index in [0.29, 0.717) is 5.56 Å². The van der Waals surface area contributed by atoms with Gasteiger partial charge in [0.1, 0.15) is 0 Å². The van der Waals surface area contributed by atoms with Gasteiger partial charge in [-0.2, -0.15) is 11.8 Å². The smallest absolute Gasteiger partial charge is 0.255 e. The molecular weight excluding hydrogens is 254 g/mol. The minimum atomic E-state index is -0.0699.